The molecule has 1 aliphatic rings. The number of hydrogen-bond donors (Lipinski definition) is 1. The van der Waals surface area contributed by atoms with Crippen molar-refractivity contribution in [2.24, 2.45) is 11.3 Å². The van der Waals surface area contributed by atoms with Crippen molar-refractivity contribution in [2.45, 2.75) is 59.0 Å². The average Bonchev–Trinajstić information content (AvgIpc) is 2.10. The van der Waals surface area contributed by atoms with Crippen LogP contribution in [0.3, 0.4) is 0 Å². The molecule has 3 unspecified atom stereocenters. The van der Waals surface area contributed by atoms with Gasteiger partial charge < -0.3 is 5.11 Å². The molecule has 0 amide bonds. The highest BCUT2D eigenvalue weighted by molar-refractivity contribution is 4.89. The molecule has 0 spiro atoms. The molecule has 1 N–H and O–H groups in total. The lowest BCUT2D eigenvalue weighted by Crippen LogP contribution is -2.41. The number of aliphatic hydroxyl groups is 1. The summed E-state index contributed by atoms with van der Waals surface area (Å²) >= 11 is 0. The highest BCUT2D eigenvalue weighted by atomic mass is 16.3. The summed E-state index contributed by atoms with van der Waals surface area (Å²) in [5, 5.41) is 10.1. The van der Waals surface area contributed by atoms with Gasteiger partial charge >= 0.3 is 0 Å². The fraction of sp³-hybridized carbons (Fsp3) is 1.00. The second-order valence-corrected chi connectivity index (χ2v) is 4.51. The first-order valence-corrected chi connectivity index (χ1v) is 5.32. The molecule has 0 aromatic heterocycles. The number of rotatable bonds is 2. The minimum absolute atomic E-state index is 0.0544. The van der Waals surface area contributed by atoms with Gasteiger partial charge in [0.05, 0.1) is 6.10 Å². The van der Waals surface area contributed by atoms with Gasteiger partial charge in [0.1, 0.15) is 0 Å². The molecule has 0 aromatic rings. The molecule has 0 radical (unpaired) electrons. The van der Waals surface area contributed by atoms with E-state index in [0.29, 0.717) is 5.92 Å². The highest BCUT2D eigenvalue weighted by Gasteiger charge is 2.38. The molecule has 0 saturated heterocycles. The van der Waals surface area contributed by atoms with Crippen LogP contribution in [0.25, 0.3) is 0 Å². The van der Waals surface area contributed by atoms with Gasteiger partial charge in [-0.25, -0.2) is 0 Å². The van der Waals surface area contributed by atoms with Crippen molar-refractivity contribution in [3.8, 4) is 0 Å². The van der Waals surface area contributed by atoms with Crippen LogP contribution in [0, 0.1) is 11.3 Å². The van der Waals surface area contributed by atoms with E-state index in [2.05, 4.69) is 20.8 Å². The quantitative estimate of drug-likeness (QED) is 0.675. The summed E-state index contributed by atoms with van der Waals surface area (Å²) in [6.45, 7) is 6.62. The van der Waals surface area contributed by atoms with Crippen LogP contribution in [0.2, 0.25) is 0 Å². The van der Waals surface area contributed by atoms with E-state index < -0.39 is 0 Å². The molecule has 0 bridgehead atoms. The van der Waals surface area contributed by atoms with Crippen LogP contribution in [0.4, 0.5) is 0 Å². The van der Waals surface area contributed by atoms with Gasteiger partial charge in [0, 0.05) is 0 Å². The van der Waals surface area contributed by atoms with E-state index in [-0.39, 0.29) is 11.5 Å². The molecule has 1 fully saturated rings. The molecule has 1 nitrogen and oxygen atoms in total. The molecule has 0 aliphatic heterocycles. The zero-order valence-corrected chi connectivity index (χ0v) is 8.64. The first-order chi connectivity index (χ1) is 5.64. The van der Waals surface area contributed by atoms with Gasteiger partial charge in [0.15, 0.2) is 0 Å². The van der Waals surface area contributed by atoms with Gasteiger partial charge in [0.2, 0.25) is 0 Å². The normalized spacial score (nSPS) is 43.0. The molecule has 1 rings (SSSR count). The highest BCUT2D eigenvalue weighted by Crippen LogP contribution is 2.42. The summed E-state index contributed by atoms with van der Waals surface area (Å²) < 4.78 is 0. The SMILES string of the molecule is CCC1CCCC(C)(CC)C1O. The van der Waals surface area contributed by atoms with E-state index in [1.165, 1.54) is 19.3 Å². The number of aliphatic hydroxyl groups excluding tert-OH is 1. The van der Waals surface area contributed by atoms with Crippen LogP contribution < -0.4 is 0 Å². The average molecular weight is 170 g/mol. The third-order valence-electron chi connectivity index (χ3n) is 3.82. The zero-order valence-electron chi connectivity index (χ0n) is 8.64. The van der Waals surface area contributed by atoms with Crippen LogP contribution in [-0.4, -0.2) is 11.2 Å². The second-order valence-electron chi connectivity index (χ2n) is 4.51. The Labute approximate surface area is 76.2 Å². The standard InChI is InChI=1S/C11H22O/c1-4-9-7-6-8-11(3,5-2)10(9)12/h9-10,12H,4-8H2,1-3H3. The molecule has 72 valence electrons. The Morgan fingerprint density at radius 3 is 2.58 bits per heavy atom. The predicted octanol–water partition coefficient (Wildman–Crippen LogP) is 2.97. The Bertz CT molecular complexity index is 144. The predicted molar refractivity (Wildman–Crippen MR) is 52.0 cm³/mol. The van der Waals surface area contributed by atoms with Crippen LogP contribution in [0.15, 0.2) is 0 Å². The van der Waals surface area contributed by atoms with Gasteiger partial charge in [-0.2, -0.15) is 0 Å². The lowest BCUT2D eigenvalue weighted by molar-refractivity contribution is -0.0459. The maximum atomic E-state index is 10.1. The lowest BCUT2D eigenvalue weighted by atomic mass is 9.66. The van der Waals surface area contributed by atoms with Gasteiger partial charge in [-0.3, -0.25) is 0 Å². The Kier molecular flexibility index (Phi) is 3.16. The van der Waals surface area contributed by atoms with E-state index in [1.807, 2.05) is 0 Å². The Hall–Kier alpha value is -0.0400. The minimum Gasteiger partial charge on any atom is -0.392 e. The third kappa shape index (κ3) is 1.66. The van der Waals surface area contributed by atoms with Crippen LogP contribution in [-0.2, 0) is 0 Å². The summed E-state index contributed by atoms with van der Waals surface area (Å²) in [6.07, 6.45) is 5.94. The smallest absolute Gasteiger partial charge is 0.0621 e. The van der Waals surface area contributed by atoms with Crippen LogP contribution in [0.5, 0.6) is 0 Å². The molecular formula is C11H22O. The number of hydrogen-bond acceptors (Lipinski definition) is 1. The fourth-order valence-electron chi connectivity index (χ4n) is 2.46. The summed E-state index contributed by atoms with van der Waals surface area (Å²) in [6, 6.07) is 0. The summed E-state index contributed by atoms with van der Waals surface area (Å²) in [4.78, 5) is 0. The van der Waals surface area contributed by atoms with Gasteiger partial charge in [-0.15, -0.1) is 0 Å². The summed E-state index contributed by atoms with van der Waals surface area (Å²) in [7, 11) is 0. The molecule has 0 aromatic carbocycles. The summed E-state index contributed by atoms with van der Waals surface area (Å²) in [5.74, 6) is 0.559. The van der Waals surface area contributed by atoms with E-state index in [9.17, 15) is 5.11 Å². The van der Waals surface area contributed by atoms with Crippen LogP contribution >= 0.6 is 0 Å². The first-order valence-electron chi connectivity index (χ1n) is 5.32. The molecular weight excluding hydrogens is 148 g/mol. The van der Waals surface area contributed by atoms with Gasteiger partial charge in [-0.1, -0.05) is 33.6 Å². The minimum atomic E-state index is -0.0544. The van der Waals surface area contributed by atoms with Crippen LogP contribution in [0.1, 0.15) is 52.9 Å². The second kappa shape index (κ2) is 3.78. The van der Waals surface area contributed by atoms with Gasteiger partial charge in [-0.05, 0) is 30.6 Å². The van der Waals surface area contributed by atoms with Crippen molar-refractivity contribution in [1.29, 1.82) is 0 Å². The fourth-order valence-corrected chi connectivity index (χ4v) is 2.46. The van der Waals surface area contributed by atoms with Crippen molar-refractivity contribution >= 4 is 0 Å². The molecule has 3 atom stereocenters. The lowest BCUT2D eigenvalue weighted by Gasteiger charge is -2.42. The van der Waals surface area contributed by atoms with Crippen molar-refractivity contribution < 1.29 is 5.11 Å². The maximum Gasteiger partial charge on any atom is 0.0621 e. The van der Waals surface area contributed by atoms with Crippen molar-refractivity contribution in [1.82, 2.24) is 0 Å². The van der Waals surface area contributed by atoms with Crippen molar-refractivity contribution in [2.75, 3.05) is 0 Å². The third-order valence-corrected chi connectivity index (χ3v) is 3.82. The Morgan fingerprint density at radius 2 is 2.08 bits per heavy atom. The van der Waals surface area contributed by atoms with E-state index in [4.69, 9.17) is 0 Å². The Morgan fingerprint density at radius 1 is 1.42 bits per heavy atom. The summed E-state index contributed by atoms with van der Waals surface area (Å²) in [5.41, 5.74) is 0.207. The van der Waals surface area contributed by atoms with E-state index in [1.54, 1.807) is 0 Å². The zero-order chi connectivity index (χ0) is 9.19. The molecule has 0 heterocycles. The maximum absolute atomic E-state index is 10.1. The monoisotopic (exact) mass is 170 g/mol. The molecule has 1 saturated carbocycles. The Balaban J connectivity index is 2.65. The largest absolute Gasteiger partial charge is 0.392 e. The first kappa shape index (κ1) is 10.0. The van der Waals surface area contributed by atoms with E-state index in [0.717, 1.165) is 12.8 Å². The van der Waals surface area contributed by atoms with Crippen molar-refractivity contribution in [3.63, 3.8) is 0 Å². The molecule has 1 heteroatoms. The van der Waals surface area contributed by atoms with Crippen molar-refractivity contribution in [3.05, 3.63) is 0 Å². The van der Waals surface area contributed by atoms with E-state index >= 15 is 0 Å². The molecule has 1 aliphatic carbocycles. The topological polar surface area (TPSA) is 20.2 Å². The molecule has 12 heavy (non-hydrogen) atoms. The van der Waals surface area contributed by atoms with Gasteiger partial charge in [0.25, 0.3) is 0 Å².